The van der Waals surface area contributed by atoms with Crippen molar-refractivity contribution in [1.29, 1.82) is 0 Å². The highest BCUT2D eigenvalue weighted by Crippen LogP contribution is 2.48. The van der Waals surface area contributed by atoms with Crippen LogP contribution in [-0.2, 0) is 3.79 Å². The Kier molecular flexibility index (Phi) is 4.34. The molecule has 0 saturated carbocycles. The number of pyridine rings is 1. The highest BCUT2D eigenvalue weighted by atomic mass is 35.6. The molecule has 0 aliphatic rings. The van der Waals surface area contributed by atoms with Crippen molar-refractivity contribution < 1.29 is 0 Å². The molecule has 0 unspecified atom stereocenters. The Morgan fingerprint density at radius 2 is 1.29 bits per heavy atom. The second-order valence-electron chi connectivity index (χ2n) is 2.19. The zero-order valence-corrected chi connectivity index (χ0v) is 11.4. The minimum atomic E-state index is -1.80. The number of halogens is 7. The first-order chi connectivity index (χ1) is 6.25. The molecule has 0 aliphatic heterocycles. The Morgan fingerprint density at radius 1 is 0.786 bits per heavy atom. The van der Waals surface area contributed by atoms with E-state index in [0.29, 0.717) is 0 Å². The fourth-order valence-electron chi connectivity index (χ4n) is 0.723. The molecule has 14 heavy (non-hydrogen) atoms. The summed E-state index contributed by atoms with van der Waals surface area (Å²) in [5.74, 6) is 0. The van der Waals surface area contributed by atoms with Crippen molar-refractivity contribution in [1.82, 2.24) is 4.98 Å². The fraction of sp³-hybridized carbons (Fsp3) is 0.167. The van der Waals surface area contributed by atoms with E-state index in [9.17, 15) is 0 Å². The van der Waals surface area contributed by atoms with Crippen molar-refractivity contribution in [3.63, 3.8) is 0 Å². The molecule has 0 N–H and O–H groups in total. The maximum Gasteiger partial charge on any atom is 0.220 e. The maximum atomic E-state index is 5.79. The molecule has 0 fully saturated rings. The summed E-state index contributed by atoms with van der Waals surface area (Å²) in [6.45, 7) is 0. The molecule has 1 rings (SSSR count). The van der Waals surface area contributed by atoms with E-state index >= 15 is 0 Å². The molecule has 0 atom stereocenters. The van der Waals surface area contributed by atoms with Crippen LogP contribution in [0.25, 0.3) is 0 Å². The van der Waals surface area contributed by atoms with Gasteiger partial charge in [0.05, 0.1) is 15.6 Å². The lowest BCUT2D eigenvalue weighted by Gasteiger charge is -2.15. The molecule has 78 valence electrons. The summed E-state index contributed by atoms with van der Waals surface area (Å²) >= 11 is 39.6. The van der Waals surface area contributed by atoms with E-state index in [1.54, 1.807) is 0 Å². The first kappa shape index (κ1) is 13.2. The van der Waals surface area contributed by atoms with Gasteiger partial charge >= 0.3 is 0 Å². The molecule has 0 spiro atoms. The minimum Gasteiger partial charge on any atom is -0.222 e. The topological polar surface area (TPSA) is 12.9 Å². The Hall–Kier alpha value is 1.18. The van der Waals surface area contributed by atoms with Gasteiger partial charge in [0, 0.05) is 0 Å². The van der Waals surface area contributed by atoms with Crippen molar-refractivity contribution in [3.8, 4) is 0 Å². The van der Waals surface area contributed by atoms with Crippen LogP contribution < -0.4 is 0 Å². The Labute approximate surface area is 115 Å². The smallest absolute Gasteiger partial charge is 0.220 e. The number of nitrogens with zero attached hydrogens (tertiary/aromatic N) is 1. The molecule has 1 nitrogen and oxygen atoms in total. The molecule has 1 aromatic heterocycles. The van der Waals surface area contributed by atoms with Gasteiger partial charge in [0.1, 0.15) is 5.15 Å². The van der Waals surface area contributed by atoms with Crippen LogP contribution in [0, 0.1) is 0 Å². The van der Waals surface area contributed by atoms with Crippen LogP contribution in [0.5, 0.6) is 0 Å². The third-order valence-electron chi connectivity index (χ3n) is 1.28. The van der Waals surface area contributed by atoms with Crippen LogP contribution >= 0.6 is 81.2 Å². The Balaban J connectivity index is 3.53. The average Bonchev–Trinajstić information content (AvgIpc) is 1.97. The third-order valence-corrected chi connectivity index (χ3v) is 3.33. The number of aromatic nitrogens is 1. The van der Waals surface area contributed by atoms with Crippen LogP contribution in [0.2, 0.25) is 20.4 Å². The summed E-state index contributed by atoms with van der Waals surface area (Å²) in [4.78, 5) is 3.66. The molecule has 8 heteroatoms. The monoisotopic (exact) mass is 331 g/mol. The van der Waals surface area contributed by atoms with Gasteiger partial charge < -0.3 is 0 Å². The highest BCUT2D eigenvalue weighted by Gasteiger charge is 2.32. The van der Waals surface area contributed by atoms with Crippen LogP contribution in [-0.4, -0.2) is 4.98 Å². The zero-order valence-electron chi connectivity index (χ0n) is 6.09. The SMILES string of the molecule is Clc1nc(Cl)c(C(Cl)(Cl)Cl)c(Cl)c1Cl. The van der Waals surface area contributed by atoms with Crippen LogP contribution in [0.3, 0.4) is 0 Å². The van der Waals surface area contributed by atoms with E-state index in [-0.39, 0.29) is 25.9 Å². The lowest BCUT2D eigenvalue weighted by atomic mass is 10.3. The van der Waals surface area contributed by atoms with Crippen molar-refractivity contribution in [2.24, 2.45) is 0 Å². The van der Waals surface area contributed by atoms with Crippen molar-refractivity contribution >= 4 is 81.2 Å². The van der Waals surface area contributed by atoms with Crippen LogP contribution in [0.15, 0.2) is 0 Å². The highest BCUT2D eigenvalue weighted by molar-refractivity contribution is 6.68. The summed E-state index contributed by atoms with van der Waals surface area (Å²) in [6, 6.07) is 0. The molecular formula is C6Cl7N. The van der Waals surface area contributed by atoms with Gasteiger partial charge in [0.15, 0.2) is 5.15 Å². The summed E-state index contributed by atoms with van der Waals surface area (Å²) in [5, 5.41) is -0.153. The number of rotatable bonds is 0. The Bertz CT molecular complexity index is 369. The molecular weight excluding hydrogens is 334 g/mol. The van der Waals surface area contributed by atoms with Gasteiger partial charge in [-0.05, 0) is 0 Å². The zero-order chi connectivity index (χ0) is 11.1. The summed E-state index contributed by atoms with van der Waals surface area (Å²) in [6.07, 6.45) is 0. The maximum absolute atomic E-state index is 5.79. The van der Waals surface area contributed by atoms with Crippen LogP contribution in [0.1, 0.15) is 5.56 Å². The molecule has 0 amide bonds. The van der Waals surface area contributed by atoms with Gasteiger partial charge in [-0.2, -0.15) is 0 Å². The first-order valence-corrected chi connectivity index (χ1v) is 5.67. The molecule has 0 aromatic carbocycles. The van der Waals surface area contributed by atoms with E-state index in [1.165, 1.54) is 0 Å². The van der Waals surface area contributed by atoms with E-state index in [1.807, 2.05) is 0 Å². The third kappa shape index (κ3) is 2.65. The normalized spacial score (nSPS) is 11.9. The quantitative estimate of drug-likeness (QED) is 0.449. The molecule has 0 saturated heterocycles. The molecule has 0 radical (unpaired) electrons. The van der Waals surface area contributed by atoms with Gasteiger partial charge in [-0.25, -0.2) is 4.98 Å². The summed E-state index contributed by atoms with van der Waals surface area (Å²) in [7, 11) is 0. The number of hydrogen-bond acceptors (Lipinski definition) is 1. The predicted octanol–water partition coefficient (Wildman–Crippen LogP) is 5.52. The molecule has 1 heterocycles. The minimum absolute atomic E-state index is 0.000872. The van der Waals surface area contributed by atoms with Crippen LogP contribution in [0.4, 0.5) is 0 Å². The van der Waals surface area contributed by atoms with Gasteiger partial charge in [-0.3, -0.25) is 0 Å². The average molecular weight is 334 g/mol. The van der Waals surface area contributed by atoms with E-state index < -0.39 is 3.79 Å². The van der Waals surface area contributed by atoms with E-state index in [0.717, 1.165) is 0 Å². The Morgan fingerprint density at radius 3 is 1.71 bits per heavy atom. The van der Waals surface area contributed by atoms with E-state index in [2.05, 4.69) is 4.98 Å². The van der Waals surface area contributed by atoms with Gasteiger partial charge in [0.25, 0.3) is 0 Å². The lowest BCUT2D eigenvalue weighted by Crippen LogP contribution is -2.04. The molecule has 0 bridgehead atoms. The van der Waals surface area contributed by atoms with Crippen molar-refractivity contribution in [2.75, 3.05) is 0 Å². The number of hydrogen-bond donors (Lipinski definition) is 0. The van der Waals surface area contributed by atoms with Crippen molar-refractivity contribution in [3.05, 3.63) is 25.9 Å². The van der Waals surface area contributed by atoms with Gasteiger partial charge in [0.2, 0.25) is 3.79 Å². The second kappa shape index (κ2) is 4.58. The summed E-state index contributed by atoms with van der Waals surface area (Å²) < 4.78 is -1.80. The van der Waals surface area contributed by atoms with E-state index in [4.69, 9.17) is 81.2 Å². The lowest BCUT2D eigenvalue weighted by molar-refractivity contribution is 1.17. The largest absolute Gasteiger partial charge is 0.222 e. The first-order valence-electron chi connectivity index (χ1n) is 3.02. The van der Waals surface area contributed by atoms with Gasteiger partial charge in [-0.15, -0.1) is 0 Å². The fourth-order valence-corrected chi connectivity index (χ4v) is 2.66. The predicted molar refractivity (Wildman–Crippen MR) is 63.5 cm³/mol. The standard InChI is InChI=1S/C6Cl7N/c7-2-1(6(11,12)13)4(9)14-5(10)3(2)8. The molecule has 0 aliphatic carbocycles. The molecule has 1 aromatic rings. The second-order valence-corrected chi connectivity index (χ2v) is 5.95. The number of alkyl halides is 3. The van der Waals surface area contributed by atoms with Crippen molar-refractivity contribution in [2.45, 2.75) is 3.79 Å². The van der Waals surface area contributed by atoms with Gasteiger partial charge in [-0.1, -0.05) is 81.2 Å². The summed E-state index contributed by atoms with van der Waals surface area (Å²) in [5.41, 5.74) is 0.0141.